The Morgan fingerprint density at radius 1 is 1.20 bits per heavy atom. The van der Waals surface area contributed by atoms with Gasteiger partial charge >= 0.3 is 0 Å². The van der Waals surface area contributed by atoms with Gasteiger partial charge in [-0.1, -0.05) is 35.5 Å². The number of carbonyl (C=O) groups excluding carboxylic acids is 1. The standard InChI is InChI=1S/C18H16N4O3/c23-14-9-4-10-19-15(14)18(24)22-11-5-8-13(22)17-20-16(21-25-17)12-6-2-1-3-7-12/h1-4,6-7,9-10,13,23H,5,8,11H2/t13-/m1/s1. The summed E-state index contributed by atoms with van der Waals surface area (Å²) >= 11 is 0. The quantitative estimate of drug-likeness (QED) is 0.790. The molecule has 7 heteroatoms. The number of benzene rings is 1. The van der Waals surface area contributed by atoms with Crippen LogP contribution in [0, 0.1) is 0 Å². The SMILES string of the molecule is O=C(c1ncccc1O)N1CCC[C@@H]1c1nc(-c2ccccc2)no1. The molecule has 0 aliphatic carbocycles. The van der Waals surface area contributed by atoms with Gasteiger partial charge in [-0.15, -0.1) is 0 Å². The van der Waals surface area contributed by atoms with Crippen molar-refractivity contribution in [2.24, 2.45) is 0 Å². The van der Waals surface area contributed by atoms with Crippen molar-refractivity contribution in [2.75, 3.05) is 6.54 Å². The third kappa shape index (κ3) is 2.84. The molecule has 1 atom stereocenters. The lowest BCUT2D eigenvalue weighted by Crippen LogP contribution is -2.31. The third-order valence-electron chi connectivity index (χ3n) is 4.26. The van der Waals surface area contributed by atoms with Gasteiger partial charge in [0.2, 0.25) is 11.7 Å². The number of aromatic nitrogens is 3. The molecule has 1 aromatic carbocycles. The summed E-state index contributed by atoms with van der Waals surface area (Å²) in [6.45, 7) is 0.558. The second kappa shape index (κ2) is 6.35. The van der Waals surface area contributed by atoms with Crippen molar-refractivity contribution in [3.63, 3.8) is 0 Å². The van der Waals surface area contributed by atoms with Crippen LogP contribution in [0.4, 0.5) is 0 Å². The molecule has 3 heterocycles. The Morgan fingerprint density at radius 2 is 2.04 bits per heavy atom. The van der Waals surface area contributed by atoms with Gasteiger partial charge in [-0.25, -0.2) is 4.98 Å². The van der Waals surface area contributed by atoms with Crippen LogP contribution in [-0.2, 0) is 0 Å². The van der Waals surface area contributed by atoms with Gasteiger partial charge in [-0.05, 0) is 25.0 Å². The van der Waals surface area contributed by atoms with Crippen LogP contribution in [0.5, 0.6) is 5.75 Å². The van der Waals surface area contributed by atoms with Gasteiger partial charge in [0.15, 0.2) is 5.69 Å². The highest BCUT2D eigenvalue weighted by Crippen LogP contribution is 2.33. The van der Waals surface area contributed by atoms with E-state index in [0.29, 0.717) is 18.3 Å². The highest BCUT2D eigenvalue weighted by Gasteiger charge is 2.36. The summed E-state index contributed by atoms with van der Waals surface area (Å²) in [5, 5.41) is 13.9. The summed E-state index contributed by atoms with van der Waals surface area (Å²) in [4.78, 5) is 22.8. The first-order valence-corrected chi connectivity index (χ1v) is 8.08. The second-order valence-electron chi connectivity index (χ2n) is 5.85. The van der Waals surface area contributed by atoms with Crippen LogP contribution in [0.1, 0.15) is 35.3 Å². The van der Waals surface area contributed by atoms with Crippen molar-refractivity contribution in [3.05, 3.63) is 60.2 Å². The molecule has 0 spiro atoms. The van der Waals surface area contributed by atoms with E-state index in [4.69, 9.17) is 4.52 Å². The van der Waals surface area contributed by atoms with E-state index in [9.17, 15) is 9.90 Å². The number of likely N-dealkylation sites (tertiary alicyclic amines) is 1. The third-order valence-corrected chi connectivity index (χ3v) is 4.26. The molecule has 25 heavy (non-hydrogen) atoms. The van der Waals surface area contributed by atoms with Gasteiger partial charge in [0, 0.05) is 18.3 Å². The van der Waals surface area contributed by atoms with Crippen molar-refractivity contribution < 1.29 is 14.4 Å². The smallest absolute Gasteiger partial charge is 0.276 e. The number of hydrogen-bond acceptors (Lipinski definition) is 6. The first-order chi connectivity index (χ1) is 12.2. The molecular formula is C18H16N4O3. The fourth-order valence-electron chi connectivity index (χ4n) is 3.04. The fraction of sp³-hybridized carbons (Fsp3) is 0.222. The molecule has 126 valence electrons. The number of nitrogens with zero attached hydrogens (tertiary/aromatic N) is 4. The van der Waals surface area contributed by atoms with Gasteiger partial charge in [0.05, 0.1) is 0 Å². The maximum atomic E-state index is 12.7. The molecule has 0 saturated carbocycles. The molecule has 1 aliphatic heterocycles. The molecule has 0 unspecified atom stereocenters. The molecule has 1 fully saturated rings. The monoisotopic (exact) mass is 336 g/mol. The van der Waals surface area contributed by atoms with Crippen molar-refractivity contribution in [1.82, 2.24) is 20.0 Å². The Kier molecular flexibility index (Phi) is 3.89. The largest absolute Gasteiger partial charge is 0.505 e. The first-order valence-electron chi connectivity index (χ1n) is 8.08. The van der Waals surface area contributed by atoms with Crippen LogP contribution in [-0.4, -0.2) is 37.6 Å². The van der Waals surface area contributed by atoms with Gasteiger partial charge in [-0.3, -0.25) is 4.79 Å². The van der Waals surface area contributed by atoms with Crippen LogP contribution in [0.3, 0.4) is 0 Å². The van der Waals surface area contributed by atoms with E-state index in [2.05, 4.69) is 15.1 Å². The van der Waals surface area contributed by atoms with Crippen molar-refractivity contribution in [1.29, 1.82) is 0 Å². The molecule has 3 aromatic rings. The van der Waals surface area contributed by atoms with E-state index in [1.807, 2.05) is 30.3 Å². The lowest BCUT2D eigenvalue weighted by molar-refractivity contribution is 0.0700. The first kappa shape index (κ1) is 15.3. The summed E-state index contributed by atoms with van der Waals surface area (Å²) in [6, 6.07) is 12.3. The van der Waals surface area contributed by atoms with Gasteiger partial charge < -0.3 is 14.5 Å². The van der Waals surface area contributed by atoms with Crippen LogP contribution in [0.2, 0.25) is 0 Å². The summed E-state index contributed by atoms with van der Waals surface area (Å²) in [7, 11) is 0. The van der Waals surface area contributed by atoms with Gasteiger partial charge in [-0.2, -0.15) is 4.98 Å². The maximum Gasteiger partial charge on any atom is 0.276 e. The Labute approximate surface area is 143 Å². The minimum atomic E-state index is -0.333. The number of carbonyl (C=O) groups is 1. The van der Waals surface area contributed by atoms with E-state index in [0.717, 1.165) is 18.4 Å². The summed E-state index contributed by atoms with van der Waals surface area (Å²) in [5.74, 6) is 0.435. The van der Waals surface area contributed by atoms with Crippen LogP contribution < -0.4 is 0 Å². The normalized spacial score (nSPS) is 17.0. The zero-order valence-electron chi connectivity index (χ0n) is 13.4. The Hall–Kier alpha value is -3.22. The molecule has 1 N–H and O–H groups in total. The van der Waals surface area contributed by atoms with E-state index >= 15 is 0 Å². The lowest BCUT2D eigenvalue weighted by atomic mass is 10.2. The Bertz CT molecular complexity index is 894. The van der Waals surface area contributed by atoms with E-state index in [-0.39, 0.29) is 23.4 Å². The highest BCUT2D eigenvalue weighted by molar-refractivity contribution is 5.95. The molecule has 1 amide bonds. The maximum absolute atomic E-state index is 12.7. The summed E-state index contributed by atoms with van der Waals surface area (Å²) in [5.41, 5.74) is 0.896. The molecule has 0 radical (unpaired) electrons. The summed E-state index contributed by atoms with van der Waals surface area (Å²) < 4.78 is 5.41. The minimum absolute atomic E-state index is 0.0391. The molecule has 7 nitrogen and oxygen atoms in total. The molecule has 1 aliphatic rings. The predicted octanol–water partition coefficient (Wildman–Crippen LogP) is 2.81. The molecule has 4 rings (SSSR count). The molecule has 1 saturated heterocycles. The number of aromatic hydroxyl groups is 1. The average Bonchev–Trinajstić information content (AvgIpc) is 3.31. The Balaban J connectivity index is 1.61. The predicted molar refractivity (Wildman–Crippen MR) is 88.6 cm³/mol. The highest BCUT2D eigenvalue weighted by atomic mass is 16.5. The molecular weight excluding hydrogens is 320 g/mol. The molecule has 2 aromatic heterocycles. The van der Waals surface area contributed by atoms with Crippen molar-refractivity contribution >= 4 is 5.91 Å². The zero-order chi connectivity index (χ0) is 17.2. The van der Waals surface area contributed by atoms with Crippen molar-refractivity contribution in [2.45, 2.75) is 18.9 Å². The zero-order valence-corrected chi connectivity index (χ0v) is 13.4. The molecule has 0 bridgehead atoms. The van der Waals surface area contributed by atoms with Gasteiger partial charge in [0.1, 0.15) is 11.8 Å². The number of pyridine rings is 1. The van der Waals surface area contributed by atoms with Crippen LogP contribution >= 0.6 is 0 Å². The van der Waals surface area contributed by atoms with Crippen LogP contribution in [0.15, 0.2) is 53.2 Å². The second-order valence-corrected chi connectivity index (χ2v) is 5.85. The Morgan fingerprint density at radius 3 is 2.84 bits per heavy atom. The number of hydrogen-bond donors (Lipinski definition) is 1. The van der Waals surface area contributed by atoms with E-state index in [1.54, 1.807) is 11.0 Å². The topological polar surface area (TPSA) is 92.3 Å². The van der Waals surface area contributed by atoms with Crippen LogP contribution in [0.25, 0.3) is 11.4 Å². The average molecular weight is 336 g/mol. The summed E-state index contributed by atoms with van der Waals surface area (Å²) in [6.07, 6.45) is 3.04. The van der Waals surface area contributed by atoms with Gasteiger partial charge in [0.25, 0.3) is 5.91 Å². The lowest BCUT2D eigenvalue weighted by Gasteiger charge is -2.21. The van der Waals surface area contributed by atoms with E-state index in [1.165, 1.54) is 12.3 Å². The van der Waals surface area contributed by atoms with E-state index < -0.39 is 0 Å². The fourth-order valence-corrected chi connectivity index (χ4v) is 3.04. The minimum Gasteiger partial charge on any atom is -0.505 e. The number of rotatable bonds is 3. The van der Waals surface area contributed by atoms with Crippen molar-refractivity contribution in [3.8, 4) is 17.1 Å². The number of amides is 1.